The number of rotatable bonds is 6. The fourth-order valence-corrected chi connectivity index (χ4v) is 4.26. The van der Waals surface area contributed by atoms with Crippen molar-refractivity contribution in [2.75, 3.05) is 5.32 Å². The van der Waals surface area contributed by atoms with E-state index in [9.17, 15) is 14.7 Å². The maximum Gasteiger partial charge on any atom is 0.247 e. The average molecular weight is 442 g/mol. The molecule has 0 atom stereocenters. The summed E-state index contributed by atoms with van der Waals surface area (Å²) in [6.07, 6.45) is 1.35. The van der Waals surface area contributed by atoms with Crippen molar-refractivity contribution >= 4 is 39.3 Å². The molecule has 0 fully saturated rings. The van der Waals surface area contributed by atoms with Crippen LogP contribution in [0.2, 0.25) is 0 Å². The van der Waals surface area contributed by atoms with E-state index in [4.69, 9.17) is 5.73 Å². The van der Waals surface area contributed by atoms with Crippen molar-refractivity contribution in [1.82, 2.24) is 4.98 Å². The number of hydrogen-bond acceptors (Lipinski definition) is 3. The number of benzene rings is 3. The molecule has 0 bridgehead atoms. The Hall–Kier alpha value is -3.90. The predicted octanol–water partition coefficient (Wildman–Crippen LogP) is 4.68. The van der Waals surface area contributed by atoms with E-state index < -0.39 is 11.5 Å². The number of aromatic amines is 1. The summed E-state index contributed by atoms with van der Waals surface area (Å²) in [6.45, 7) is 8.96. The highest BCUT2D eigenvalue weighted by Gasteiger charge is 2.20. The minimum Gasteiger partial charge on any atom is -0.386 e. The number of aromatic nitrogens is 1. The van der Waals surface area contributed by atoms with Crippen LogP contribution in [0.25, 0.3) is 32.9 Å². The molecule has 1 heterocycles. The third-order valence-corrected chi connectivity index (χ3v) is 5.98. The van der Waals surface area contributed by atoms with Crippen LogP contribution < -0.4 is 11.1 Å². The molecule has 0 aliphatic carbocycles. The summed E-state index contributed by atoms with van der Waals surface area (Å²) >= 11 is 0. The first-order valence-corrected chi connectivity index (χ1v) is 10.7. The molecule has 4 aromatic rings. The summed E-state index contributed by atoms with van der Waals surface area (Å²) in [7, 11) is 0. The van der Waals surface area contributed by atoms with Crippen molar-refractivity contribution in [1.29, 1.82) is 0 Å². The van der Waals surface area contributed by atoms with Gasteiger partial charge in [-0.3, -0.25) is 9.59 Å². The molecule has 1 aromatic heterocycles. The summed E-state index contributed by atoms with van der Waals surface area (Å²) in [5.41, 5.74) is 11.3. The molecule has 0 spiro atoms. The molecule has 168 valence electrons. The van der Waals surface area contributed by atoms with E-state index in [-0.39, 0.29) is 12.3 Å². The van der Waals surface area contributed by atoms with Gasteiger partial charge in [-0.2, -0.15) is 0 Å². The minimum atomic E-state index is -0.987. The number of fused-ring (bicyclic) bond motifs is 3. The van der Waals surface area contributed by atoms with Crippen molar-refractivity contribution in [3.8, 4) is 11.1 Å². The highest BCUT2D eigenvalue weighted by atomic mass is 16.3. The highest BCUT2D eigenvalue weighted by Crippen LogP contribution is 2.40. The Balaban J connectivity index is 2.02. The van der Waals surface area contributed by atoms with Gasteiger partial charge in [0.2, 0.25) is 11.8 Å². The third kappa shape index (κ3) is 4.13. The number of aliphatic hydroxyl groups is 1. The summed E-state index contributed by atoms with van der Waals surface area (Å²) < 4.78 is 0. The first kappa shape index (κ1) is 22.3. The van der Waals surface area contributed by atoms with Gasteiger partial charge in [-0.25, -0.2) is 0 Å². The van der Waals surface area contributed by atoms with E-state index in [1.165, 1.54) is 6.08 Å². The van der Waals surface area contributed by atoms with Crippen LogP contribution in [-0.2, 0) is 21.6 Å². The fourth-order valence-electron chi connectivity index (χ4n) is 4.26. The molecule has 0 aliphatic rings. The smallest absolute Gasteiger partial charge is 0.247 e. The van der Waals surface area contributed by atoms with Gasteiger partial charge < -0.3 is 21.1 Å². The molecule has 0 radical (unpaired) electrons. The molecular weight excluding hydrogens is 414 g/mol. The van der Waals surface area contributed by atoms with Crippen LogP contribution in [-0.4, -0.2) is 21.9 Å². The van der Waals surface area contributed by atoms with Crippen molar-refractivity contribution < 1.29 is 14.7 Å². The Kier molecular flexibility index (Phi) is 5.56. The summed E-state index contributed by atoms with van der Waals surface area (Å²) in [5.74, 6) is -0.686. The Labute approximate surface area is 192 Å². The fraction of sp³-hybridized carbons (Fsp3) is 0.185. The zero-order valence-corrected chi connectivity index (χ0v) is 19.0. The Morgan fingerprint density at radius 2 is 1.91 bits per heavy atom. The van der Waals surface area contributed by atoms with E-state index in [0.717, 1.165) is 49.6 Å². The minimum absolute atomic E-state index is 0.108. The number of amides is 2. The standard InChI is InChI=1S/C27H27N3O3/c1-5-24(32)29-21-8-6-7-18(15(21)2)19-11-9-16(13-23(28)31)26-25(19)20-12-10-17(27(3,4)33)14-22(20)30-26/h5-12,14,30,33H,1,13H2,2-4H3,(H2,28,31)(H,29,32). The normalized spacial score (nSPS) is 11.6. The monoisotopic (exact) mass is 441 g/mol. The second kappa shape index (κ2) is 8.22. The van der Waals surface area contributed by atoms with E-state index in [0.29, 0.717) is 5.69 Å². The third-order valence-electron chi connectivity index (χ3n) is 5.98. The molecule has 2 amide bonds. The van der Waals surface area contributed by atoms with Gasteiger partial charge in [-0.05, 0) is 66.8 Å². The van der Waals surface area contributed by atoms with Gasteiger partial charge in [0.25, 0.3) is 0 Å². The molecule has 0 aliphatic heterocycles. The first-order chi connectivity index (χ1) is 15.6. The van der Waals surface area contributed by atoms with E-state index in [1.54, 1.807) is 13.8 Å². The number of carbonyl (C=O) groups is 2. The van der Waals surface area contributed by atoms with Crippen molar-refractivity contribution in [2.45, 2.75) is 32.8 Å². The topological polar surface area (TPSA) is 108 Å². The van der Waals surface area contributed by atoms with Gasteiger partial charge in [0.15, 0.2) is 0 Å². The van der Waals surface area contributed by atoms with Crippen LogP contribution in [0.5, 0.6) is 0 Å². The second-order valence-electron chi connectivity index (χ2n) is 8.78. The van der Waals surface area contributed by atoms with Crippen molar-refractivity contribution in [3.63, 3.8) is 0 Å². The Bertz CT molecular complexity index is 1420. The lowest BCUT2D eigenvalue weighted by molar-refractivity contribution is -0.117. The summed E-state index contributed by atoms with van der Waals surface area (Å²) in [4.78, 5) is 27.1. The molecule has 6 heteroatoms. The van der Waals surface area contributed by atoms with Crippen LogP contribution >= 0.6 is 0 Å². The van der Waals surface area contributed by atoms with E-state index >= 15 is 0 Å². The number of nitrogens with one attached hydrogen (secondary N) is 2. The predicted molar refractivity (Wildman–Crippen MR) is 133 cm³/mol. The lowest BCUT2D eigenvalue weighted by atomic mass is 9.92. The van der Waals surface area contributed by atoms with Gasteiger partial charge in [-0.1, -0.05) is 43.0 Å². The maximum absolute atomic E-state index is 11.9. The molecule has 3 aromatic carbocycles. The molecule has 5 N–H and O–H groups in total. The van der Waals surface area contributed by atoms with Crippen LogP contribution in [0.1, 0.15) is 30.5 Å². The van der Waals surface area contributed by atoms with Crippen molar-refractivity contribution in [2.24, 2.45) is 5.73 Å². The lowest BCUT2D eigenvalue weighted by Gasteiger charge is -2.17. The highest BCUT2D eigenvalue weighted by molar-refractivity contribution is 6.16. The SMILES string of the molecule is C=CC(=O)Nc1cccc(-c2ccc(CC(N)=O)c3[nH]c4cc(C(C)(C)O)ccc4c23)c1C. The largest absolute Gasteiger partial charge is 0.386 e. The number of H-pyrrole nitrogens is 1. The molecule has 33 heavy (non-hydrogen) atoms. The van der Waals surface area contributed by atoms with Crippen LogP contribution in [0.15, 0.2) is 61.2 Å². The molecule has 6 nitrogen and oxygen atoms in total. The number of anilines is 1. The first-order valence-electron chi connectivity index (χ1n) is 10.7. The zero-order valence-electron chi connectivity index (χ0n) is 19.0. The van der Waals surface area contributed by atoms with Crippen molar-refractivity contribution in [3.05, 3.63) is 77.9 Å². The number of nitrogens with two attached hydrogens (primary N) is 1. The quantitative estimate of drug-likeness (QED) is 0.326. The maximum atomic E-state index is 11.9. The van der Waals surface area contributed by atoms with Gasteiger partial charge in [0, 0.05) is 22.0 Å². The Morgan fingerprint density at radius 3 is 2.58 bits per heavy atom. The molecule has 0 unspecified atom stereocenters. The molecule has 0 saturated carbocycles. The zero-order chi connectivity index (χ0) is 23.9. The lowest BCUT2D eigenvalue weighted by Crippen LogP contribution is -2.14. The van der Waals surface area contributed by atoms with Gasteiger partial charge in [0.05, 0.1) is 17.5 Å². The van der Waals surface area contributed by atoms with Crippen LogP contribution in [0, 0.1) is 6.92 Å². The van der Waals surface area contributed by atoms with Crippen LogP contribution in [0.3, 0.4) is 0 Å². The molecule has 0 saturated heterocycles. The Morgan fingerprint density at radius 1 is 1.15 bits per heavy atom. The second-order valence-corrected chi connectivity index (χ2v) is 8.78. The number of carbonyl (C=O) groups excluding carboxylic acids is 2. The summed E-state index contributed by atoms with van der Waals surface area (Å²) in [6, 6.07) is 15.5. The van der Waals surface area contributed by atoms with E-state index in [1.807, 2.05) is 55.5 Å². The average Bonchev–Trinajstić information content (AvgIpc) is 3.14. The van der Waals surface area contributed by atoms with Gasteiger partial charge in [0.1, 0.15) is 0 Å². The van der Waals surface area contributed by atoms with Gasteiger partial charge >= 0.3 is 0 Å². The number of hydrogen-bond donors (Lipinski definition) is 4. The molecular formula is C27H27N3O3. The van der Waals surface area contributed by atoms with Gasteiger partial charge in [-0.15, -0.1) is 0 Å². The molecule has 4 rings (SSSR count). The van der Waals surface area contributed by atoms with Crippen LogP contribution in [0.4, 0.5) is 5.69 Å². The summed E-state index contributed by atoms with van der Waals surface area (Å²) in [5, 5.41) is 15.3. The number of primary amides is 1. The van der Waals surface area contributed by atoms with E-state index in [2.05, 4.69) is 16.9 Å².